The Labute approximate surface area is 206 Å². The van der Waals surface area contributed by atoms with Crippen LogP contribution < -0.4 is 11.1 Å². The zero-order valence-electron chi connectivity index (χ0n) is 20.8. The first-order valence-corrected chi connectivity index (χ1v) is 12.3. The highest BCUT2D eigenvalue weighted by Gasteiger charge is 2.35. The van der Waals surface area contributed by atoms with Crippen molar-refractivity contribution >= 4 is 28.9 Å². The van der Waals surface area contributed by atoms with Gasteiger partial charge in [0.05, 0.1) is 6.42 Å². The van der Waals surface area contributed by atoms with Crippen molar-refractivity contribution in [3.63, 3.8) is 0 Å². The number of aliphatic carboxylic acids is 1. The van der Waals surface area contributed by atoms with Gasteiger partial charge in [-0.25, -0.2) is 4.79 Å². The molecular weight excluding hydrogens is 450 g/mol. The minimum atomic E-state index is -0.884. The molecule has 2 aromatic rings. The van der Waals surface area contributed by atoms with Crippen molar-refractivity contribution < 1.29 is 28.6 Å². The second kappa shape index (κ2) is 11.6. The number of carbonyl (C=O) groups excluding carboxylic acids is 2. The van der Waals surface area contributed by atoms with Crippen LogP contribution in [0.15, 0.2) is 28.7 Å². The highest BCUT2D eigenvalue weighted by molar-refractivity contribution is 5.86. The number of likely N-dealkylation sites (tertiary alicyclic amines) is 1. The zero-order chi connectivity index (χ0) is 25.6. The first-order chi connectivity index (χ1) is 16.6. The molecule has 1 saturated heterocycles. The summed E-state index contributed by atoms with van der Waals surface area (Å²) in [5, 5.41) is 12.9. The van der Waals surface area contributed by atoms with Crippen LogP contribution in [0.5, 0.6) is 0 Å². The van der Waals surface area contributed by atoms with Gasteiger partial charge in [-0.2, -0.15) is 0 Å². The topological polar surface area (TPSA) is 135 Å². The number of carboxylic acid groups (broad SMARTS) is 1. The minimum absolute atomic E-state index is 0.0267. The van der Waals surface area contributed by atoms with Gasteiger partial charge >= 0.3 is 12.1 Å². The highest BCUT2D eigenvalue weighted by Crippen LogP contribution is 2.31. The second-order valence-corrected chi connectivity index (χ2v) is 10.1. The summed E-state index contributed by atoms with van der Waals surface area (Å²) in [7, 11) is 0. The third-order valence-corrected chi connectivity index (χ3v) is 6.13. The Morgan fingerprint density at radius 3 is 2.71 bits per heavy atom. The predicted molar refractivity (Wildman–Crippen MR) is 132 cm³/mol. The molecule has 0 radical (unpaired) electrons. The number of benzene rings is 1. The van der Waals surface area contributed by atoms with Gasteiger partial charge < -0.3 is 30.2 Å². The van der Waals surface area contributed by atoms with Gasteiger partial charge in [0.2, 0.25) is 5.91 Å². The van der Waals surface area contributed by atoms with E-state index in [0.717, 1.165) is 23.8 Å². The quantitative estimate of drug-likeness (QED) is 0.466. The van der Waals surface area contributed by atoms with E-state index in [9.17, 15) is 14.4 Å². The number of fused-ring (bicyclic) bond motifs is 1. The summed E-state index contributed by atoms with van der Waals surface area (Å²) in [5.41, 5.74) is 6.67. The van der Waals surface area contributed by atoms with Crippen LogP contribution in [0.3, 0.4) is 0 Å². The number of nitrogens with zero attached hydrogens (tertiary/aromatic N) is 1. The van der Waals surface area contributed by atoms with E-state index in [-0.39, 0.29) is 18.4 Å². The molecule has 1 aliphatic heterocycles. The Hall–Kier alpha value is -3.07. The third-order valence-electron chi connectivity index (χ3n) is 6.13. The number of nitrogens with two attached hydrogens (primary N) is 1. The molecule has 0 spiro atoms. The van der Waals surface area contributed by atoms with Crippen molar-refractivity contribution in [2.45, 2.75) is 83.4 Å². The van der Waals surface area contributed by atoms with E-state index >= 15 is 0 Å². The van der Waals surface area contributed by atoms with Crippen LogP contribution in [0.25, 0.3) is 11.0 Å². The van der Waals surface area contributed by atoms with E-state index < -0.39 is 23.7 Å². The van der Waals surface area contributed by atoms with Crippen molar-refractivity contribution in [3.05, 3.63) is 35.6 Å². The number of rotatable bonds is 10. The Bertz CT molecular complexity index is 1040. The van der Waals surface area contributed by atoms with Gasteiger partial charge in [-0.15, -0.1) is 0 Å². The van der Waals surface area contributed by atoms with E-state index in [0.29, 0.717) is 50.1 Å². The summed E-state index contributed by atoms with van der Waals surface area (Å²) < 4.78 is 11.4. The fourth-order valence-electron chi connectivity index (χ4n) is 4.60. The van der Waals surface area contributed by atoms with Crippen LogP contribution in [0, 0.1) is 0 Å². The minimum Gasteiger partial charge on any atom is -0.481 e. The predicted octanol–water partition coefficient (Wildman–Crippen LogP) is 3.62. The molecule has 0 unspecified atom stereocenters. The molecule has 1 aromatic carbocycles. The number of hydrogen-bond acceptors (Lipinski definition) is 6. The van der Waals surface area contributed by atoms with Gasteiger partial charge in [0.25, 0.3) is 0 Å². The van der Waals surface area contributed by atoms with E-state index in [4.69, 9.17) is 20.0 Å². The lowest BCUT2D eigenvalue weighted by atomic mass is 9.98. The molecule has 192 valence electrons. The van der Waals surface area contributed by atoms with Crippen LogP contribution in [-0.4, -0.2) is 58.8 Å². The summed E-state index contributed by atoms with van der Waals surface area (Å²) in [6, 6.07) is 6.84. The van der Waals surface area contributed by atoms with E-state index in [1.54, 1.807) is 20.8 Å². The summed E-state index contributed by atoms with van der Waals surface area (Å²) in [5.74, 6) is -0.379. The lowest BCUT2D eigenvalue weighted by molar-refractivity contribution is -0.137. The molecule has 2 atom stereocenters. The van der Waals surface area contributed by atoms with Crippen LogP contribution in [0.4, 0.5) is 4.79 Å². The Morgan fingerprint density at radius 2 is 2.03 bits per heavy atom. The second-order valence-electron chi connectivity index (χ2n) is 10.1. The van der Waals surface area contributed by atoms with Gasteiger partial charge in [0.15, 0.2) is 0 Å². The van der Waals surface area contributed by atoms with E-state index in [2.05, 4.69) is 5.32 Å². The number of para-hydroxylation sites is 1. The first-order valence-electron chi connectivity index (χ1n) is 12.3. The van der Waals surface area contributed by atoms with Crippen molar-refractivity contribution in [2.75, 3.05) is 13.1 Å². The summed E-state index contributed by atoms with van der Waals surface area (Å²) in [6.45, 7) is 6.33. The molecule has 1 fully saturated rings. The van der Waals surface area contributed by atoms with Crippen LogP contribution in [0.1, 0.15) is 64.2 Å². The number of alkyl carbamates (subject to hydrolysis) is 1. The average molecular weight is 488 g/mol. The molecule has 1 aliphatic rings. The molecule has 4 N–H and O–H groups in total. The number of nitrogens with one attached hydrogen (secondary N) is 1. The maximum Gasteiger partial charge on any atom is 0.408 e. The lowest BCUT2D eigenvalue weighted by Gasteiger charge is -2.30. The van der Waals surface area contributed by atoms with Gasteiger partial charge in [-0.3, -0.25) is 9.59 Å². The molecule has 0 bridgehead atoms. The molecule has 1 aromatic heterocycles. The van der Waals surface area contributed by atoms with Crippen molar-refractivity contribution in [1.82, 2.24) is 10.2 Å². The standard InChI is InChI=1S/C26H37N3O6/c1-26(2,3)35-25(33)28-20(10-6-14-27)24(32)29-15-7-8-17(29)16-19-18-9-4-5-11-21(18)34-22(19)12-13-23(30)31/h4-5,9,11,17,20H,6-8,10,12-16,27H2,1-3H3,(H,28,33)(H,30,31)/t17-,20-/m0/s1. The van der Waals surface area contributed by atoms with Gasteiger partial charge in [-0.1, -0.05) is 18.2 Å². The SMILES string of the molecule is CC(C)(C)OC(=O)N[C@@H](CCCN)C(=O)N1CCC[C@H]1Cc1c(CCC(=O)O)oc2ccccc12. The number of aryl methyl sites for hydroxylation is 1. The van der Waals surface area contributed by atoms with Crippen molar-refractivity contribution in [1.29, 1.82) is 0 Å². The number of carbonyl (C=O) groups is 3. The normalized spacial score (nSPS) is 16.9. The summed E-state index contributed by atoms with van der Waals surface area (Å²) in [6.07, 6.45) is 2.90. The molecular formula is C26H37N3O6. The molecule has 9 heteroatoms. The molecule has 0 saturated carbocycles. The van der Waals surface area contributed by atoms with E-state index in [1.165, 1.54) is 0 Å². The fraction of sp³-hybridized carbons (Fsp3) is 0.577. The maximum absolute atomic E-state index is 13.6. The third kappa shape index (κ3) is 7.21. The summed E-state index contributed by atoms with van der Waals surface area (Å²) in [4.78, 5) is 39.0. The number of ether oxygens (including phenoxy) is 1. The van der Waals surface area contributed by atoms with Crippen molar-refractivity contribution in [2.24, 2.45) is 5.73 Å². The van der Waals surface area contributed by atoms with Gasteiger partial charge in [0, 0.05) is 30.0 Å². The van der Waals surface area contributed by atoms with Crippen LogP contribution >= 0.6 is 0 Å². The molecule has 3 rings (SSSR count). The molecule has 35 heavy (non-hydrogen) atoms. The monoisotopic (exact) mass is 487 g/mol. The molecule has 0 aliphatic carbocycles. The van der Waals surface area contributed by atoms with Crippen molar-refractivity contribution in [3.8, 4) is 0 Å². The Morgan fingerprint density at radius 1 is 1.29 bits per heavy atom. The number of amides is 2. The molecule has 2 amide bonds. The lowest BCUT2D eigenvalue weighted by Crippen LogP contribution is -2.51. The number of hydrogen-bond donors (Lipinski definition) is 3. The maximum atomic E-state index is 13.6. The highest BCUT2D eigenvalue weighted by atomic mass is 16.6. The van der Waals surface area contributed by atoms with E-state index in [1.807, 2.05) is 29.2 Å². The fourth-order valence-corrected chi connectivity index (χ4v) is 4.60. The Kier molecular flexibility index (Phi) is 8.77. The molecule has 2 heterocycles. The largest absolute Gasteiger partial charge is 0.481 e. The average Bonchev–Trinajstić information content (AvgIpc) is 3.38. The van der Waals surface area contributed by atoms with Gasteiger partial charge in [-0.05, 0) is 65.5 Å². The smallest absolute Gasteiger partial charge is 0.408 e. The first kappa shape index (κ1) is 26.5. The molecule has 9 nitrogen and oxygen atoms in total. The Balaban J connectivity index is 1.80. The summed E-state index contributed by atoms with van der Waals surface area (Å²) >= 11 is 0. The van der Waals surface area contributed by atoms with Gasteiger partial charge in [0.1, 0.15) is 23.0 Å². The number of furan rings is 1. The zero-order valence-corrected chi connectivity index (χ0v) is 20.8. The number of carboxylic acids is 1. The van der Waals surface area contributed by atoms with Crippen LogP contribution in [-0.2, 0) is 27.2 Å². The van der Waals surface area contributed by atoms with Crippen LogP contribution in [0.2, 0.25) is 0 Å².